The number of H-pyrrole nitrogens is 1. The van der Waals surface area contributed by atoms with Crippen molar-refractivity contribution in [2.24, 2.45) is 5.41 Å². The van der Waals surface area contributed by atoms with Gasteiger partial charge in [-0.25, -0.2) is 9.59 Å². The average Bonchev–Trinajstić information content (AvgIpc) is 2.98. The smallest absolute Gasteiger partial charge is 0.435 e. The van der Waals surface area contributed by atoms with E-state index in [4.69, 9.17) is 14.2 Å². The van der Waals surface area contributed by atoms with E-state index in [9.17, 15) is 19.5 Å². The SMILES string of the molecule is C=CC(OC(=O)OCC)[C@H]1O[C@](n2cc(C)c(=O)[nH]c2=O)([SiH](C)C)C[C@@]1(O)C(C)(C)C. The molecule has 31 heavy (non-hydrogen) atoms. The first kappa shape index (κ1) is 25.1. The molecule has 10 heteroatoms. The third-order valence-electron chi connectivity index (χ3n) is 6.08. The lowest BCUT2D eigenvalue weighted by molar-refractivity contribution is -0.154. The van der Waals surface area contributed by atoms with Gasteiger partial charge in [0.2, 0.25) is 0 Å². The van der Waals surface area contributed by atoms with E-state index in [0.717, 1.165) is 0 Å². The molecule has 2 rings (SSSR count). The molecule has 0 aromatic carbocycles. The van der Waals surface area contributed by atoms with E-state index in [-0.39, 0.29) is 13.0 Å². The first-order valence-electron chi connectivity index (χ1n) is 10.4. The van der Waals surface area contributed by atoms with Crippen molar-refractivity contribution in [1.82, 2.24) is 9.55 Å². The Hall–Kier alpha value is -2.17. The number of hydrogen-bond acceptors (Lipinski definition) is 7. The molecule has 0 radical (unpaired) electrons. The van der Waals surface area contributed by atoms with Crippen molar-refractivity contribution in [3.05, 3.63) is 45.3 Å². The number of carbonyl (C=O) groups excluding carboxylic acids is 1. The molecular weight excluding hydrogens is 420 g/mol. The van der Waals surface area contributed by atoms with Gasteiger partial charge in [0.05, 0.1) is 15.4 Å². The van der Waals surface area contributed by atoms with Crippen LogP contribution in [-0.2, 0) is 19.6 Å². The summed E-state index contributed by atoms with van der Waals surface area (Å²) in [6, 6.07) is 0. The van der Waals surface area contributed by atoms with E-state index < -0.39 is 54.8 Å². The number of aromatic amines is 1. The second-order valence-electron chi connectivity index (χ2n) is 9.33. The second kappa shape index (κ2) is 8.76. The Bertz CT molecular complexity index is 948. The van der Waals surface area contributed by atoms with Crippen LogP contribution in [0.15, 0.2) is 28.4 Å². The van der Waals surface area contributed by atoms with Crippen molar-refractivity contribution < 1.29 is 24.1 Å². The molecule has 0 amide bonds. The van der Waals surface area contributed by atoms with Crippen molar-refractivity contribution in [3.63, 3.8) is 0 Å². The van der Waals surface area contributed by atoms with Crippen molar-refractivity contribution in [3.8, 4) is 0 Å². The molecule has 1 aromatic rings. The van der Waals surface area contributed by atoms with E-state index in [1.54, 1.807) is 13.8 Å². The van der Waals surface area contributed by atoms with Gasteiger partial charge in [0.15, 0.2) is 6.10 Å². The lowest BCUT2D eigenvalue weighted by Gasteiger charge is -2.42. The van der Waals surface area contributed by atoms with E-state index in [2.05, 4.69) is 11.6 Å². The molecule has 1 fully saturated rings. The highest BCUT2D eigenvalue weighted by Gasteiger charge is 2.64. The molecule has 1 saturated heterocycles. The van der Waals surface area contributed by atoms with E-state index in [0.29, 0.717) is 5.56 Å². The molecule has 4 atom stereocenters. The number of nitrogens with zero attached hydrogens (tertiary/aromatic N) is 1. The molecular formula is C21H34N2O7Si. The van der Waals surface area contributed by atoms with Gasteiger partial charge >= 0.3 is 11.8 Å². The maximum atomic E-state index is 12.8. The summed E-state index contributed by atoms with van der Waals surface area (Å²) in [5, 5.41) is 10.8. The molecule has 1 aliphatic rings. The van der Waals surface area contributed by atoms with Crippen molar-refractivity contribution in [2.45, 2.75) is 77.3 Å². The molecule has 174 valence electrons. The maximum Gasteiger partial charge on any atom is 0.508 e. The lowest BCUT2D eigenvalue weighted by atomic mass is 9.70. The van der Waals surface area contributed by atoms with Crippen LogP contribution in [0.5, 0.6) is 0 Å². The number of carbonyl (C=O) groups is 1. The van der Waals surface area contributed by atoms with Crippen LogP contribution in [0.3, 0.4) is 0 Å². The van der Waals surface area contributed by atoms with Gasteiger partial charge < -0.3 is 19.3 Å². The van der Waals surface area contributed by atoms with Gasteiger partial charge in [-0.05, 0) is 25.3 Å². The fourth-order valence-corrected chi connectivity index (χ4v) is 5.87. The summed E-state index contributed by atoms with van der Waals surface area (Å²) in [5.41, 5.74) is -2.93. The highest BCUT2D eigenvalue weighted by atomic mass is 28.3. The molecule has 1 unspecified atom stereocenters. The highest BCUT2D eigenvalue weighted by Crippen LogP contribution is 2.52. The lowest BCUT2D eigenvalue weighted by Crippen LogP contribution is -2.55. The normalized spacial score (nSPS) is 27.2. The standard InChI is InChI=1S/C21H34N2O7Si/c1-9-14(29-18(26)28-10-2)15-20(27,19(4,5)6)12-21(30-15,31(7)8)23-11-13(3)16(24)22-17(23)25/h9,11,14-15,27,31H,1,10,12H2,2-8H3,(H,22,24,25)/t14?,15-,20+,21+/m1/s1. The molecule has 0 bridgehead atoms. The number of rotatable bonds is 6. The van der Waals surface area contributed by atoms with Gasteiger partial charge in [0.1, 0.15) is 17.1 Å². The van der Waals surface area contributed by atoms with Crippen molar-refractivity contribution in [2.75, 3.05) is 6.61 Å². The Morgan fingerprint density at radius 2 is 2.10 bits per heavy atom. The van der Waals surface area contributed by atoms with Gasteiger partial charge in [-0.2, -0.15) is 0 Å². The first-order valence-corrected chi connectivity index (χ1v) is 13.3. The fourth-order valence-electron chi connectivity index (χ4n) is 3.98. The Morgan fingerprint density at radius 1 is 1.48 bits per heavy atom. The van der Waals surface area contributed by atoms with Crippen LogP contribution < -0.4 is 11.2 Å². The summed E-state index contributed by atoms with van der Waals surface area (Å²) in [4.78, 5) is 39.1. The molecule has 0 aliphatic carbocycles. The number of hydrogen-bond donors (Lipinski definition) is 2. The Balaban J connectivity index is 2.69. The Morgan fingerprint density at radius 3 is 2.58 bits per heavy atom. The van der Waals surface area contributed by atoms with Crippen LogP contribution in [0.2, 0.25) is 13.1 Å². The number of aliphatic hydroxyl groups is 1. The van der Waals surface area contributed by atoms with Crippen LogP contribution in [0.4, 0.5) is 4.79 Å². The van der Waals surface area contributed by atoms with Crippen molar-refractivity contribution >= 4 is 15.0 Å². The highest BCUT2D eigenvalue weighted by molar-refractivity contribution is 6.58. The number of ether oxygens (including phenoxy) is 3. The minimum Gasteiger partial charge on any atom is -0.435 e. The zero-order chi connectivity index (χ0) is 23.8. The second-order valence-corrected chi connectivity index (χ2v) is 12.5. The van der Waals surface area contributed by atoms with Gasteiger partial charge in [-0.15, -0.1) is 0 Å². The number of aryl methyl sites for hydroxylation is 1. The van der Waals surface area contributed by atoms with Gasteiger partial charge in [-0.1, -0.05) is 40.4 Å². The summed E-state index contributed by atoms with van der Waals surface area (Å²) in [5.74, 6) is 0. The topological polar surface area (TPSA) is 120 Å². The minimum absolute atomic E-state index is 0.0833. The summed E-state index contributed by atoms with van der Waals surface area (Å²) < 4.78 is 18.2. The van der Waals surface area contributed by atoms with Crippen LogP contribution in [0.25, 0.3) is 0 Å². The maximum absolute atomic E-state index is 12.8. The number of nitrogens with one attached hydrogen (secondary N) is 1. The van der Waals surface area contributed by atoms with Gasteiger partial charge in [-0.3, -0.25) is 14.3 Å². The average molecular weight is 455 g/mol. The van der Waals surface area contributed by atoms with Crippen LogP contribution >= 0.6 is 0 Å². The largest absolute Gasteiger partial charge is 0.508 e. The quantitative estimate of drug-likeness (QED) is 0.382. The Kier molecular flexibility index (Phi) is 7.09. The molecule has 1 aromatic heterocycles. The summed E-state index contributed by atoms with van der Waals surface area (Å²) in [7, 11) is -1.89. The van der Waals surface area contributed by atoms with Crippen LogP contribution in [0, 0.1) is 12.3 Å². The van der Waals surface area contributed by atoms with Crippen molar-refractivity contribution in [1.29, 1.82) is 0 Å². The molecule has 2 N–H and O–H groups in total. The van der Waals surface area contributed by atoms with Crippen LogP contribution in [0.1, 0.15) is 39.7 Å². The van der Waals surface area contributed by atoms with Gasteiger partial charge in [0.25, 0.3) is 5.56 Å². The third-order valence-corrected chi connectivity index (χ3v) is 8.50. The molecule has 9 nitrogen and oxygen atoms in total. The summed E-state index contributed by atoms with van der Waals surface area (Å²) in [6.45, 7) is 16.7. The van der Waals surface area contributed by atoms with Gasteiger partial charge in [0, 0.05) is 18.2 Å². The molecule has 1 aliphatic heterocycles. The van der Waals surface area contributed by atoms with E-state index >= 15 is 0 Å². The predicted molar refractivity (Wildman–Crippen MR) is 119 cm³/mol. The predicted octanol–water partition coefficient (Wildman–Crippen LogP) is 1.82. The van der Waals surface area contributed by atoms with E-state index in [1.165, 1.54) is 16.8 Å². The number of aromatic nitrogens is 2. The Labute approximate surface area is 183 Å². The molecule has 0 saturated carbocycles. The zero-order valence-corrected chi connectivity index (χ0v) is 20.5. The summed E-state index contributed by atoms with van der Waals surface area (Å²) in [6.07, 6.45) is 0.00999. The zero-order valence-electron chi connectivity index (χ0n) is 19.4. The van der Waals surface area contributed by atoms with Crippen LogP contribution in [-0.4, -0.2) is 54.0 Å². The summed E-state index contributed by atoms with van der Waals surface area (Å²) >= 11 is 0. The minimum atomic E-state index is -1.89. The first-order chi connectivity index (χ1) is 14.2. The third kappa shape index (κ3) is 4.42. The fraction of sp³-hybridized carbons (Fsp3) is 0.667. The monoisotopic (exact) mass is 454 g/mol. The molecule has 2 heterocycles. The van der Waals surface area contributed by atoms with E-state index in [1.807, 2.05) is 33.9 Å². The molecule has 0 spiro atoms.